The van der Waals surface area contributed by atoms with Crippen molar-refractivity contribution in [1.29, 1.82) is 0 Å². The Labute approximate surface area is 66.5 Å². The third-order valence-corrected chi connectivity index (χ3v) is 1.58. The number of carbonyl (C=O) groups is 1. The molecule has 66 valence electrons. The van der Waals surface area contributed by atoms with Crippen LogP contribution in [-0.2, 0) is 4.74 Å². The number of methoxy groups -OCH3 is 1. The van der Waals surface area contributed by atoms with Crippen molar-refractivity contribution >= 4 is 6.09 Å². The molecule has 0 aliphatic heterocycles. The van der Waals surface area contributed by atoms with Gasteiger partial charge in [0.25, 0.3) is 0 Å². The summed E-state index contributed by atoms with van der Waals surface area (Å²) in [6.07, 6.45) is -0.871. The van der Waals surface area contributed by atoms with Crippen molar-refractivity contribution < 1.29 is 14.6 Å². The van der Waals surface area contributed by atoms with Crippen LogP contribution in [0.4, 0.5) is 4.79 Å². The van der Waals surface area contributed by atoms with E-state index in [1.807, 2.05) is 6.92 Å². The fourth-order valence-corrected chi connectivity index (χ4v) is 0.487. The van der Waals surface area contributed by atoms with Gasteiger partial charge in [0.2, 0.25) is 0 Å². The zero-order valence-electron chi connectivity index (χ0n) is 7.13. The summed E-state index contributed by atoms with van der Waals surface area (Å²) in [7, 11) is 1.31. The molecule has 0 radical (unpaired) electrons. The number of hydrogen-bond acceptors (Lipinski definition) is 3. The second kappa shape index (κ2) is 4.96. The molecule has 0 fully saturated rings. The quantitative estimate of drug-likeness (QED) is 0.628. The normalized spacial score (nSPS) is 15.3. The minimum Gasteiger partial charge on any atom is -0.453 e. The lowest BCUT2D eigenvalue weighted by atomic mass is 10.1. The Morgan fingerprint density at radius 1 is 1.64 bits per heavy atom. The van der Waals surface area contributed by atoms with Gasteiger partial charge in [-0.05, 0) is 12.8 Å². The number of ether oxygens (including phenoxy) is 1. The molecule has 0 aliphatic rings. The van der Waals surface area contributed by atoms with E-state index in [1.165, 1.54) is 7.11 Å². The first-order chi connectivity index (χ1) is 5.07. The van der Waals surface area contributed by atoms with Crippen molar-refractivity contribution in [1.82, 2.24) is 5.32 Å². The van der Waals surface area contributed by atoms with E-state index >= 15 is 0 Å². The minimum atomic E-state index is -0.461. The van der Waals surface area contributed by atoms with Gasteiger partial charge in [-0.2, -0.15) is 0 Å². The van der Waals surface area contributed by atoms with E-state index in [9.17, 15) is 4.79 Å². The highest BCUT2D eigenvalue weighted by Crippen LogP contribution is 1.98. The van der Waals surface area contributed by atoms with Gasteiger partial charge in [0.05, 0.1) is 13.2 Å². The number of alkyl carbamates (subject to hydrolysis) is 1. The van der Waals surface area contributed by atoms with Crippen molar-refractivity contribution in [3.63, 3.8) is 0 Å². The smallest absolute Gasteiger partial charge is 0.406 e. The van der Waals surface area contributed by atoms with Gasteiger partial charge in [-0.15, -0.1) is 0 Å². The molecular weight excluding hydrogens is 146 g/mol. The van der Waals surface area contributed by atoms with Crippen LogP contribution in [0.25, 0.3) is 0 Å². The maximum atomic E-state index is 10.5. The molecule has 0 aromatic heterocycles. The molecule has 0 aromatic carbocycles. The zero-order valence-corrected chi connectivity index (χ0v) is 7.13. The minimum absolute atomic E-state index is 0.0501. The van der Waals surface area contributed by atoms with E-state index in [2.05, 4.69) is 10.1 Å². The predicted octanol–water partition coefficient (Wildman–Crippen LogP) is 0.359. The van der Waals surface area contributed by atoms with Crippen LogP contribution >= 0.6 is 0 Å². The first-order valence-corrected chi connectivity index (χ1v) is 3.57. The van der Waals surface area contributed by atoms with Crippen LogP contribution in [0.5, 0.6) is 0 Å². The highest BCUT2D eigenvalue weighted by Gasteiger charge is 2.09. The van der Waals surface area contributed by atoms with Crippen LogP contribution in [0, 0.1) is 5.92 Å². The molecule has 4 nitrogen and oxygen atoms in total. The van der Waals surface area contributed by atoms with E-state index in [0.29, 0.717) is 6.54 Å². The van der Waals surface area contributed by atoms with Gasteiger partial charge >= 0.3 is 6.09 Å². The van der Waals surface area contributed by atoms with E-state index in [0.717, 1.165) is 0 Å². The van der Waals surface area contributed by atoms with Crippen molar-refractivity contribution in [2.45, 2.75) is 20.0 Å². The van der Waals surface area contributed by atoms with E-state index in [4.69, 9.17) is 5.11 Å². The summed E-state index contributed by atoms with van der Waals surface area (Å²) in [5.41, 5.74) is 0. The van der Waals surface area contributed by atoms with Gasteiger partial charge in [0.15, 0.2) is 0 Å². The third-order valence-electron chi connectivity index (χ3n) is 1.58. The summed E-state index contributed by atoms with van der Waals surface area (Å²) in [5.74, 6) is 0.0501. The van der Waals surface area contributed by atoms with Gasteiger partial charge in [0.1, 0.15) is 0 Å². The summed E-state index contributed by atoms with van der Waals surface area (Å²) in [4.78, 5) is 10.5. The standard InChI is InChI=1S/C7H15NO3/c1-5(6(2)9)4-8-7(10)11-3/h5-6,9H,4H2,1-3H3,(H,8,10)/t5-,6+/m1/s1. The van der Waals surface area contributed by atoms with Crippen LogP contribution in [-0.4, -0.2) is 31.0 Å². The molecule has 2 atom stereocenters. The van der Waals surface area contributed by atoms with Gasteiger partial charge in [-0.1, -0.05) is 6.92 Å². The number of rotatable bonds is 3. The Morgan fingerprint density at radius 3 is 2.55 bits per heavy atom. The predicted molar refractivity (Wildman–Crippen MR) is 41.3 cm³/mol. The average Bonchev–Trinajstić information content (AvgIpc) is 1.99. The Balaban J connectivity index is 3.45. The number of aliphatic hydroxyl groups is 1. The molecule has 0 heterocycles. The Hall–Kier alpha value is -0.770. The van der Waals surface area contributed by atoms with E-state index in [-0.39, 0.29) is 5.92 Å². The van der Waals surface area contributed by atoms with Gasteiger partial charge in [0, 0.05) is 6.54 Å². The second-order valence-corrected chi connectivity index (χ2v) is 2.59. The van der Waals surface area contributed by atoms with Crippen molar-refractivity contribution in [2.75, 3.05) is 13.7 Å². The molecule has 2 N–H and O–H groups in total. The van der Waals surface area contributed by atoms with Crippen LogP contribution in [0.15, 0.2) is 0 Å². The summed E-state index contributed by atoms with van der Waals surface area (Å²) >= 11 is 0. The van der Waals surface area contributed by atoms with Crippen LogP contribution < -0.4 is 5.32 Å². The van der Waals surface area contributed by atoms with Crippen LogP contribution in [0.1, 0.15) is 13.8 Å². The first kappa shape index (κ1) is 10.2. The van der Waals surface area contributed by atoms with Crippen molar-refractivity contribution in [2.24, 2.45) is 5.92 Å². The zero-order chi connectivity index (χ0) is 8.85. The summed E-state index contributed by atoms with van der Waals surface area (Å²) in [5, 5.41) is 11.5. The van der Waals surface area contributed by atoms with Gasteiger partial charge < -0.3 is 15.2 Å². The fourth-order valence-electron chi connectivity index (χ4n) is 0.487. The lowest BCUT2D eigenvalue weighted by molar-refractivity contribution is 0.128. The van der Waals surface area contributed by atoms with Crippen LogP contribution in [0.3, 0.4) is 0 Å². The molecule has 0 spiro atoms. The molecule has 1 amide bonds. The molecule has 0 saturated carbocycles. The maximum Gasteiger partial charge on any atom is 0.406 e. The summed E-state index contributed by atoms with van der Waals surface area (Å²) in [6.45, 7) is 3.97. The van der Waals surface area contributed by atoms with E-state index < -0.39 is 12.2 Å². The fraction of sp³-hybridized carbons (Fsp3) is 0.857. The second-order valence-electron chi connectivity index (χ2n) is 2.59. The van der Waals surface area contributed by atoms with E-state index in [1.54, 1.807) is 6.92 Å². The summed E-state index contributed by atoms with van der Waals surface area (Å²) in [6, 6.07) is 0. The molecule has 11 heavy (non-hydrogen) atoms. The highest BCUT2D eigenvalue weighted by molar-refractivity contribution is 5.66. The molecule has 0 aromatic rings. The first-order valence-electron chi connectivity index (χ1n) is 3.57. The number of carbonyl (C=O) groups excluding carboxylic acids is 1. The van der Waals surface area contributed by atoms with Crippen molar-refractivity contribution in [3.05, 3.63) is 0 Å². The van der Waals surface area contributed by atoms with Crippen molar-refractivity contribution in [3.8, 4) is 0 Å². The highest BCUT2D eigenvalue weighted by atomic mass is 16.5. The lowest BCUT2D eigenvalue weighted by Crippen LogP contribution is -2.32. The molecular formula is C7H15NO3. The molecule has 0 bridgehead atoms. The lowest BCUT2D eigenvalue weighted by Gasteiger charge is -2.14. The van der Waals surface area contributed by atoms with Gasteiger partial charge in [-0.3, -0.25) is 0 Å². The largest absolute Gasteiger partial charge is 0.453 e. The number of hydrogen-bond donors (Lipinski definition) is 2. The number of aliphatic hydroxyl groups excluding tert-OH is 1. The topological polar surface area (TPSA) is 58.6 Å². The molecule has 0 aliphatic carbocycles. The average molecular weight is 161 g/mol. The monoisotopic (exact) mass is 161 g/mol. The molecule has 0 rings (SSSR count). The third kappa shape index (κ3) is 4.61. The Morgan fingerprint density at radius 2 is 2.18 bits per heavy atom. The maximum absolute atomic E-state index is 10.5. The number of amides is 1. The van der Waals surface area contributed by atoms with Gasteiger partial charge in [-0.25, -0.2) is 4.79 Å². The SMILES string of the molecule is COC(=O)NC[C@@H](C)[C@H](C)O. The Kier molecular flexibility index (Phi) is 4.61. The Bertz CT molecular complexity index is 125. The number of nitrogens with one attached hydrogen (secondary N) is 1. The summed E-state index contributed by atoms with van der Waals surface area (Å²) < 4.78 is 4.35. The molecule has 0 saturated heterocycles. The van der Waals surface area contributed by atoms with Crippen LogP contribution in [0.2, 0.25) is 0 Å². The molecule has 4 heteroatoms. The molecule has 0 unspecified atom stereocenters.